The summed E-state index contributed by atoms with van der Waals surface area (Å²) in [6, 6.07) is 64.0. The van der Waals surface area contributed by atoms with Crippen molar-refractivity contribution in [1.82, 2.24) is 19.5 Å². The third-order valence-corrected chi connectivity index (χ3v) is 11.2. The Morgan fingerprint density at radius 2 is 1.00 bits per heavy atom. The average Bonchev–Trinajstić information content (AvgIpc) is 3.80. The van der Waals surface area contributed by atoms with Crippen LogP contribution in [0, 0.1) is 0 Å². The molecule has 0 saturated heterocycles. The summed E-state index contributed by atoms with van der Waals surface area (Å²) in [5.41, 5.74) is 7.44. The minimum atomic E-state index is 0.546. The molecule has 0 N–H and O–H groups in total. The van der Waals surface area contributed by atoms with Crippen molar-refractivity contribution >= 4 is 76.1 Å². The lowest BCUT2D eigenvalue weighted by Crippen LogP contribution is -2.01. The first-order valence-corrected chi connectivity index (χ1v) is 18.8. The van der Waals surface area contributed by atoms with Crippen LogP contribution in [-0.4, -0.2) is 19.5 Å². The van der Waals surface area contributed by atoms with Crippen molar-refractivity contribution in [3.05, 3.63) is 182 Å². The SMILES string of the molecule is c1ccc(-c2nc(-c3ccc4c(ccc5ccccc54)c3)nc(-c3cc(-n4c5ccccc5c5cc6ccccc6cc54)cc4c3oc3ccccc34)n2)cc1. The molecule has 5 heteroatoms. The summed E-state index contributed by atoms with van der Waals surface area (Å²) in [7, 11) is 0. The summed E-state index contributed by atoms with van der Waals surface area (Å²) in [5.74, 6) is 1.74. The van der Waals surface area contributed by atoms with E-state index >= 15 is 0 Å². The zero-order chi connectivity index (χ0) is 36.7. The molecular formula is C51H30N4O. The molecule has 0 atom stereocenters. The minimum Gasteiger partial charge on any atom is -0.455 e. The van der Waals surface area contributed by atoms with E-state index in [0.29, 0.717) is 17.5 Å². The maximum atomic E-state index is 6.72. The van der Waals surface area contributed by atoms with Crippen LogP contribution in [0.25, 0.3) is 116 Å². The van der Waals surface area contributed by atoms with Gasteiger partial charge in [-0.05, 0) is 74.8 Å². The van der Waals surface area contributed by atoms with Crippen LogP contribution in [0.15, 0.2) is 186 Å². The smallest absolute Gasteiger partial charge is 0.167 e. The molecule has 3 heterocycles. The Kier molecular flexibility index (Phi) is 6.56. The second-order valence-electron chi connectivity index (χ2n) is 14.4. The molecule has 0 unspecified atom stereocenters. The van der Waals surface area contributed by atoms with E-state index < -0.39 is 0 Å². The van der Waals surface area contributed by atoms with Gasteiger partial charge in [0.15, 0.2) is 17.5 Å². The molecule has 0 aliphatic rings. The van der Waals surface area contributed by atoms with Crippen LogP contribution in [0.3, 0.4) is 0 Å². The van der Waals surface area contributed by atoms with Gasteiger partial charge in [-0.15, -0.1) is 0 Å². The molecular weight excluding hydrogens is 685 g/mol. The molecule has 0 fully saturated rings. The number of hydrogen-bond donors (Lipinski definition) is 0. The van der Waals surface area contributed by atoms with Crippen molar-refractivity contribution in [3.8, 4) is 39.9 Å². The van der Waals surface area contributed by atoms with E-state index in [1.165, 1.54) is 37.7 Å². The van der Waals surface area contributed by atoms with Crippen LogP contribution < -0.4 is 0 Å². The van der Waals surface area contributed by atoms with Crippen molar-refractivity contribution in [2.75, 3.05) is 0 Å². The zero-order valence-corrected chi connectivity index (χ0v) is 30.0. The van der Waals surface area contributed by atoms with Gasteiger partial charge in [-0.2, -0.15) is 0 Å². The number of aromatic nitrogens is 4. The van der Waals surface area contributed by atoms with Crippen LogP contribution in [0.2, 0.25) is 0 Å². The van der Waals surface area contributed by atoms with Gasteiger partial charge in [0.2, 0.25) is 0 Å². The molecule has 0 aliphatic carbocycles. The lowest BCUT2D eigenvalue weighted by atomic mass is 10.00. The van der Waals surface area contributed by atoms with Gasteiger partial charge in [0.25, 0.3) is 0 Å². The maximum Gasteiger partial charge on any atom is 0.167 e. The molecule has 0 aliphatic heterocycles. The number of rotatable bonds is 4. The number of fused-ring (bicyclic) bond motifs is 10. The molecule has 56 heavy (non-hydrogen) atoms. The second-order valence-corrected chi connectivity index (χ2v) is 14.4. The van der Waals surface area contributed by atoms with E-state index in [1.54, 1.807) is 0 Å². The zero-order valence-electron chi connectivity index (χ0n) is 30.0. The van der Waals surface area contributed by atoms with Crippen molar-refractivity contribution < 1.29 is 4.42 Å². The summed E-state index contributed by atoms with van der Waals surface area (Å²) in [6.45, 7) is 0. The van der Waals surface area contributed by atoms with Crippen LogP contribution in [0.5, 0.6) is 0 Å². The lowest BCUT2D eigenvalue weighted by Gasteiger charge is -2.13. The molecule has 0 amide bonds. The van der Waals surface area contributed by atoms with Crippen LogP contribution in [-0.2, 0) is 0 Å². The quantitative estimate of drug-likeness (QED) is 0.170. The van der Waals surface area contributed by atoms with Gasteiger partial charge < -0.3 is 8.98 Å². The highest BCUT2D eigenvalue weighted by atomic mass is 16.3. The molecule has 12 rings (SSSR count). The van der Waals surface area contributed by atoms with Crippen molar-refractivity contribution in [2.24, 2.45) is 0 Å². The van der Waals surface area contributed by atoms with Gasteiger partial charge in [-0.25, -0.2) is 15.0 Å². The average molecular weight is 715 g/mol. The summed E-state index contributed by atoms with van der Waals surface area (Å²) < 4.78 is 9.09. The maximum absolute atomic E-state index is 6.72. The molecule has 12 aromatic rings. The highest BCUT2D eigenvalue weighted by Gasteiger charge is 2.22. The molecule has 0 bridgehead atoms. The van der Waals surface area contributed by atoms with E-state index in [0.717, 1.165) is 60.7 Å². The summed E-state index contributed by atoms with van der Waals surface area (Å²) in [5, 5.41) is 11.6. The first-order chi connectivity index (χ1) is 27.7. The number of hydrogen-bond acceptors (Lipinski definition) is 4. The van der Waals surface area contributed by atoms with Gasteiger partial charge in [0, 0.05) is 38.4 Å². The predicted octanol–water partition coefficient (Wildman–Crippen LogP) is 13.3. The first kappa shape index (κ1) is 30.8. The minimum absolute atomic E-state index is 0.546. The summed E-state index contributed by atoms with van der Waals surface area (Å²) in [6.07, 6.45) is 0. The topological polar surface area (TPSA) is 56.7 Å². The monoisotopic (exact) mass is 714 g/mol. The Balaban J connectivity index is 1.15. The number of para-hydroxylation sites is 2. The third kappa shape index (κ3) is 4.71. The number of furan rings is 1. The van der Waals surface area contributed by atoms with Gasteiger partial charge in [-0.3, -0.25) is 0 Å². The fourth-order valence-corrected chi connectivity index (χ4v) is 8.53. The molecule has 9 aromatic carbocycles. The molecule has 5 nitrogen and oxygen atoms in total. The van der Waals surface area contributed by atoms with Crippen molar-refractivity contribution in [2.45, 2.75) is 0 Å². The van der Waals surface area contributed by atoms with Crippen molar-refractivity contribution in [3.63, 3.8) is 0 Å². The molecule has 3 aromatic heterocycles. The Labute approximate surface area is 320 Å². The Morgan fingerprint density at radius 1 is 0.357 bits per heavy atom. The Morgan fingerprint density at radius 3 is 1.86 bits per heavy atom. The third-order valence-electron chi connectivity index (χ3n) is 11.2. The number of benzene rings is 9. The fourth-order valence-electron chi connectivity index (χ4n) is 8.53. The first-order valence-electron chi connectivity index (χ1n) is 18.8. The van der Waals surface area contributed by atoms with Crippen LogP contribution >= 0.6 is 0 Å². The normalized spacial score (nSPS) is 11.9. The van der Waals surface area contributed by atoms with Gasteiger partial charge in [-0.1, -0.05) is 140 Å². The predicted molar refractivity (Wildman–Crippen MR) is 230 cm³/mol. The Bertz CT molecular complexity index is 3540. The molecule has 0 spiro atoms. The highest BCUT2D eigenvalue weighted by Crippen LogP contribution is 2.41. The second kappa shape index (κ2) is 11.9. The van der Waals surface area contributed by atoms with E-state index in [-0.39, 0.29) is 0 Å². The highest BCUT2D eigenvalue weighted by molar-refractivity contribution is 6.15. The number of nitrogens with zero attached hydrogens (tertiary/aromatic N) is 4. The summed E-state index contributed by atoms with van der Waals surface area (Å²) in [4.78, 5) is 15.6. The van der Waals surface area contributed by atoms with E-state index in [9.17, 15) is 0 Å². The van der Waals surface area contributed by atoms with E-state index in [1.807, 2.05) is 42.5 Å². The summed E-state index contributed by atoms with van der Waals surface area (Å²) >= 11 is 0. The fraction of sp³-hybridized carbons (Fsp3) is 0. The van der Waals surface area contributed by atoms with Gasteiger partial charge in [0.05, 0.1) is 16.6 Å². The Hall–Kier alpha value is -7.63. The van der Waals surface area contributed by atoms with E-state index in [4.69, 9.17) is 19.4 Å². The largest absolute Gasteiger partial charge is 0.455 e. The van der Waals surface area contributed by atoms with Gasteiger partial charge >= 0.3 is 0 Å². The van der Waals surface area contributed by atoms with Crippen LogP contribution in [0.1, 0.15) is 0 Å². The van der Waals surface area contributed by atoms with Crippen molar-refractivity contribution in [1.29, 1.82) is 0 Å². The van der Waals surface area contributed by atoms with E-state index in [2.05, 4.69) is 144 Å². The van der Waals surface area contributed by atoms with Gasteiger partial charge in [0.1, 0.15) is 11.2 Å². The van der Waals surface area contributed by atoms with Crippen LogP contribution in [0.4, 0.5) is 0 Å². The molecule has 260 valence electrons. The molecule has 0 radical (unpaired) electrons. The molecule has 0 saturated carbocycles. The standard InChI is InChI=1S/C51H30N4O/c1-2-13-32(14-3-1)49-52-50(36-24-25-39-35(26-36)23-22-31-12-6-7-17-38(31)39)54-51(53-49)44-30-37(29-43-41-19-9-11-21-47(41)56-48(43)44)55-45-20-10-8-18-40(45)42-27-33-15-4-5-16-34(33)28-46(42)55/h1-30H. The lowest BCUT2D eigenvalue weighted by molar-refractivity contribution is 0.669.